The number of allylic oxidation sites excluding steroid dienone is 1. The third-order valence-corrected chi connectivity index (χ3v) is 2.48. The molecule has 0 bridgehead atoms. The fourth-order valence-corrected chi connectivity index (χ4v) is 1.78. The van der Waals surface area contributed by atoms with Gasteiger partial charge in [-0.05, 0) is 12.5 Å². The molecule has 0 aliphatic carbocycles. The van der Waals surface area contributed by atoms with Gasteiger partial charge >= 0.3 is 0 Å². The minimum Gasteiger partial charge on any atom is -0.126 e. The first-order valence-corrected chi connectivity index (χ1v) is 4.90. The lowest BCUT2D eigenvalue weighted by atomic mass is 9.97. The highest BCUT2D eigenvalue weighted by Gasteiger charge is 1.91. The molecular formula is C10H11BS. The van der Waals surface area contributed by atoms with Crippen molar-refractivity contribution in [2.45, 2.75) is 11.3 Å². The lowest BCUT2D eigenvalue weighted by molar-refractivity contribution is 1.25. The van der Waals surface area contributed by atoms with E-state index in [2.05, 4.69) is 12.6 Å². The van der Waals surface area contributed by atoms with Gasteiger partial charge in [0.1, 0.15) is 7.85 Å². The summed E-state index contributed by atoms with van der Waals surface area (Å²) in [6.45, 7) is 3.67. The Morgan fingerprint density at radius 2 is 2.33 bits per heavy atom. The Balaban J connectivity index is 2.46. The largest absolute Gasteiger partial charge is 0.126 e. The van der Waals surface area contributed by atoms with Crippen molar-refractivity contribution >= 4 is 25.1 Å². The van der Waals surface area contributed by atoms with Gasteiger partial charge in [-0.1, -0.05) is 29.7 Å². The maximum Gasteiger partial charge on any atom is 0.113 e. The molecule has 60 valence electrons. The molecule has 2 heteroatoms. The molecule has 0 nitrogen and oxygen atoms in total. The number of thioether (sulfide) groups is 1. The highest BCUT2D eigenvalue weighted by molar-refractivity contribution is 7.99. The van der Waals surface area contributed by atoms with Crippen molar-refractivity contribution < 1.29 is 0 Å². The molecule has 0 atom stereocenters. The third kappa shape index (κ3) is 3.18. The van der Waals surface area contributed by atoms with Crippen LogP contribution in [-0.4, -0.2) is 13.6 Å². The van der Waals surface area contributed by atoms with E-state index in [1.165, 1.54) is 4.90 Å². The molecule has 0 saturated heterocycles. The lowest BCUT2D eigenvalue weighted by Crippen LogP contribution is -1.99. The monoisotopic (exact) mass is 174 g/mol. The van der Waals surface area contributed by atoms with E-state index in [0.717, 1.165) is 17.6 Å². The fraction of sp³-hybridized carbons (Fsp3) is 0.200. The van der Waals surface area contributed by atoms with Crippen LogP contribution in [0.15, 0.2) is 41.8 Å². The van der Waals surface area contributed by atoms with Gasteiger partial charge in [0.05, 0.1) is 0 Å². The topological polar surface area (TPSA) is 0 Å². The molecule has 2 radical (unpaired) electrons. The Morgan fingerprint density at radius 1 is 1.50 bits per heavy atom. The van der Waals surface area contributed by atoms with E-state index in [0.29, 0.717) is 0 Å². The summed E-state index contributed by atoms with van der Waals surface area (Å²) in [5.74, 6) is 1.08. The maximum atomic E-state index is 5.63. The summed E-state index contributed by atoms with van der Waals surface area (Å²) < 4.78 is 0. The van der Waals surface area contributed by atoms with Crippen LogP contribution in [0.2, 0.25) is 0 Å². The Labute approximate surface area is 79.5 Å². The molecule has 0 saturated carbocycles. The molecule has 0 spiro atoms. The van der Waals surface area contributed by atoms with Crippen LogP contribution in [0.25, 0.3) is 0 Å². The Hall–Kier alpha value is -0.625. The Kier molecular flexibility index (Phi) is 4.02. The molecule has 0 aliphatic rings. The van der Waals surface area contributed by atoms with Crippen LogP contribution in [0.3, 0.4) is 0 Å². The van der Waals surface area contributed by atoms with Crippen LogP contribution in [0.4, 0.5) is 0 Å². The molecule has 0 fully saturated rings. The predicted molar refractivity (Wildman–Crippen MR) is 57.4 cm³/mol. The number of hydrogen-bond acceptors (Lipinski definition) is 1. The van der Waals surface area contributed by atoms with Crippen LogP contribution >= 0.6 is 11.8 Å². The lowest BCUT2D eigenvalue weighted by Gasteiger charge is -2.00. The van der Waals surface area contributed by atoms with E-state index in [1.807, 2.05) is 36.0 Å². The second-order valence-corrected chi connectivity index (χ2v) is 3.67. The Morgan fingerprint density at radius 3 is 3.00 bits per heavy atom. The second-order valence-electron chi connectivity index (χ2n) is 2.50. The summed E-state index contributed by atoms with van der Waals surface area (Å²) >= 11 is 1.81. The first-order valence-electron chi connectivity index (χ1n) is 3.92. The zero-order valence-corrected chi connectivity index (χ0v) is 7.81. The van der Waals surface area contributed by atoms with Crippen molar-refractivity contribution in [2.24, 2.45) is 0 Å². The Bertz CT molecular complexity index is 258. The van der Waals surface area contributed by atoms with Gasteiger partial charge in [0, 0.05) is 10.6 Å². The van der Waals surface area contributed by atoms with Gasteiger partial charge in [-0.2, -0.15) is 0 Å². The van der Waals surface area contributed by atoms with Gasteiger partial charge in [0.15, 0.2) is 0 Å². The molecular weight excluding hydrogens is 163 g/mol. The quantitative estimate of drug-likeness (QED) is 0.291. The second kappa shape index (κ2) is 5.10. The van der Waals surface area contributed by atoms with E-state index in [1.54, 1.807) is 0 Å². The predicted octanol–water partition coefficient (Wildman–Crippen LogP) is 2.15. The van der Waals surface area contributed by atoms with Crippen LogP contribution in [-0.2, 0) is 0 Å². The molecule has 0 unspecified atom stereocenters. The van der Waals surface area contributed by atoms with Crippen LogP contribution < -0.4 is 5.46 Å². The van der Waals surface area contributed by atoms with Gasteiger partial charge in [-0.25, -0.2) is 0 Å². The van der Waals surface area contributed by atoms with Crippen LogP contribution in [0, 0.1) is 0 Å². The van der Waals surface area contributed by atoms with Gasteiger partial charge in [0.25, 0.3) is 0 Å². The smallest absolute Gasteiger partial charge is 0.113 e. The molecule has 1 rings (SSSR count). The molecule has 0 heterocycles. The average molecular weight is 174 g/mol. The zero-order valence-electron chi connectivity index (χ0n) is 6.99. The normalized spacial score (nSPS) is 9.67. The maximum absolute atomic E-state index is 5.63. The summed E-state index contributed by atoms with van der Waals surface area (Å²) in [5, 5.41) is 0. The van der Waals surface area contributed by atoms with Crippen molar-refractivity contribution in [1.29, 1.82) is 0 Å². The standard InChI is InChI=1S/C10H11BS/c1-2-3-7-12-10-6-4-5-9(11)8-10/h2,4-6,8H,1,3,7H2. The van der Waals surface area contributed by atoms with Crippen molar-refractivity contribution in [3.8, 4) is 0 Å². The molecule has 1 aromatic rings. The summed E-state index contributed by atoms with van der Waals surface area (Å²) in [7, 11) is 5.63. The molecule has 0 amide bonds. The van der Waals surface area contributed by atoms with E-state index < -0.39 is 0 Å². The number of benzene rings is 1. The van der Waals surface area contributed by atoms with Crippen molar-refractivity contribution in [2.75, 3.05) is 5.75 Å². The summed E-state index contributed by atoms with van der Waals surface area (Å²) in [6, 6.07) is 7.95. The third-order valence-electron chi connectivity index (χ3n) is 1.45. The van der Waals surface area contributed by atoms with Gasteiger partial charge in [-0.15, -0.1) is 18.3 Å². The molecule has 1 aromatic carbocycles. The molecule has 0 N–H and O–H groups in total. The summed E-state index contributed by atoms with van der Waals surface area (Å²) in [4.78, 5) is 1.23. The SMILES string of the molecule is [B]c1cccc(SCCC=C)c1. The van der Waals surface area contributed by atoms with E-state index in [-0.39, 0.29) is 0 Å². The summed E-state index contributed by atoms with van der Waals surface area (Å²) in [6.07, 6.45) is 2.97. The minimum atomic E-state index is 0.832. The van der Waals surface area contributed by atoms with Crippen molar-refractivity contribution in [3.05, 3.63) is 36.9 Å². The van der Waals surface area contributed by atoms with E-state index in [4.69, 9.17) is 7.85 Å². The minimum absolute atomic E-state index is 0.832. The molecule has 0 aliphatic heterocycles. The highest BCUT2D eigenvalue weighted by atomic mass is 32.2. The fourth-order valence-electron chi connectivity index (χ4n) is 0.864. The average Bonchev–Trinajstić information content (AvgIpc) is 2.05. The van der Waals surface area contributed by atoms with Gasteiger partial charge in [0.2, 0.25) is 0 Å². The number of rotatable bonds is 4. The van der Waals surface area contributed by atoms with E-state index in [9.17, 15) is 0 Å². The van der Waals surface area contributed by atoms with Crippen LogP contribution in [0.5, 0.6) is 0 Å². The van der Waals surface area contributed by atoms with Crippen molar-refractivity contribution in [1.82, 2.24) is 0 Å². The van der Waals surface area contributed by atoms with Crippen molar-refractivity contribution in [3.63, 3.8) is 0 Å². The summed E-state index contributed by atoms with van der Waals surface area (Å²) in [5.41, 5.74) is 0.832. The van der Waals surface area contributed by atoms with Gasteiger partial charge in [-0.3, -0.25) is 0 Å². The zero-order chi connectivity index (χ0) is 8.81. The molecule has 0 aromatic heterocycles. The first-order chi connectivity index (χ1) is 5.83. The highest BCUT2D eigenvalue weighted by Crippen LogP contribution is 2.16. The number of hydrogen-bond donors (Lipinski definition) is 0. The van der Waals surface area contributed by atoms with Crippen LogP contribution in [0.1, 0.15) is 6.42 Å². The first kappa shape index (κ1) is 9.46. The molecule has 12 heavy (non-hydrogen) atoms. The van der Waals surface area contributed by atoms with E-state index >= 15 is 0 Å². The van der Waals surface area contributed by atoms with Gasteiger partial charge < -0.3 is 0 Å².